The molecule has 1 heterocycles. The Balaban J connectivity index is 1.97. The predicted molar refractivity (Wildman–Crippen MR) is 57.8 cm³/mol. The van der Waals surface area contributed by atoms with Crippen LogP contribution < -0.4 is 5.32 Å². The van der Waals surface area contributed by atoms with Crippen LogP contribution in [0.3, 0.4) is 0 Å². The van der Waals surface area contributed by atoms with Crippen molar-refractivity contribution in [1.82, 2.24) is 10.2 Å². The molecule has 5 heteroatoms. The molecule has 1 saturated carbocycles. The van der Waals surface area contributed by atoms with E-state index in [2.05, 4.69) is 11.4 Å². The smallest absolute Gasteiger partial charge is 0.322 e. The summed E-state index contributed by atoms with van der Waals surface area (Å²) in [7, 11) is 0. The van der Waals surface area contributed by atoms with Gasteiger partial charge in [-0.05, 0) is 18.3 Å². The number of hydrogen-bond acceptors (Lipinski definition) is 4. The largest absolute Gasteiger partial charge is 0.480 e. The highest BCUT2D eigenvalue weighted by Crippen LogP contribution is 2.49. The molecule has 0 aromatic rings. The van der Waals surface area contributed by atoms with Gasteiger partial charge in [0.25, 0.3) is 0 Å². The average molecular weight is 223 g/mol. The molecule has 0 spiro atoms. The van der Waals surface area contributed by atoms with Gasteiger partial charge >= 0.3 is 5.97 Å². The maximum atomic E-state index is 11.1. The molecule has 0 aromatic heterocycles. The van der Waals surface area contributed by atoms with E-state index in [-0.39, 0.29) is 5.41 Å². The maximum absolute atomic E-state index is 11.1. The normalized spacial score (nSPS) is 28.3. The number of aliphatic carboxylic acids is 1. The lowest BCUT2D eigenvalue weighted by molar-refractivity contribution is -0.144. The van der Waals surface area contributed by atoms with Gasteiger partial charge in [-0.25, -0.2) is 0 Å². The molecule has 1 saturated heterocycles. The fraction of sp³-hybridized carbons (Fsp3) is 0.818. The van der Waals surface area contributed by atoms with Crippen molar-refractivity contribution in [3.05, 3.63) is 0 Å². The third-order valence-corrected chi connectivity index (χ3v) is 3.59. The molecular weight excluding hydrogens is 206 g/mol. The van der Waals surface area contributed by atoms with E-state index in [1.54, 1.807) is 0 Å². The van der Waals surface area contributed by atoms with E-state index in [0.717, 1.165) is 32.5 Å². The summed E-state index contributed by atoms with van der Waals surface area (Å²) in [6.45, 7) is 2.88. The average Bonchev–Trinajstić information content (AvgIpc) is 2.99. The summed E-state index contributed by atoms with van der Waals surface area (Å²) in [6.07, 6.45) is 2.69. The Morgan fingerprint density at radius 1 is 1.62 bits per heavy atom. The van der Waals surface area contributed by atoms with E-state index in [4.69, 9.17) is 10.4 Å². The van der Waals surface area contributed by atoms with E-state index < -0.39 is 12.0 Å². The minimum Gasteiger partial charge on any atom is -0.480 e. The van der Waals surface area contributed by atoms with E-state index >= 15 is 0 Å². The zero-order valence-corrected chi connectivity index (χ0v) is 9.28. The van der Waals surface area contributed by atoms with Crippen LogP contribution in [0.25, 0.3) is 0 Å². The first-order chi connectivity index (χ1) is 7.67. The van der Waals surface area contributed by atoms with Gasteiger partial charge in [-0.1, -0.05) is 0 Å². The second-order valence-electron chi connectivity index (χ2n) is 4.86. The molecule has 2 N–H and O–H groups in total. The summed E-state index contributed by atoms with van der Waals surface area (Å²) in [4.78, 5) is 13.1. The first-order valence-corrected chi connectivity index (χ1v) is 5.71. The predicted octanol–water partition coefficient (Wildman–Crippen LogP) is 0.0387. The Bertz CT molecular complexity index is 320. The van der Waals surface area contributed by atoms with Crippen molar-refractivity contribution < 1.29 is 9.90 Å². The summed E-state index contributed by atoms with van der Waals surface area (Å²) in [5, 5.41) is 21.0. The van der Waals surface area contributed by atoms with Gasteiger partial charge in [-0.15, -0.1) is 0 Å². The number of carboxylic acid groups (broad SMARTS) is 1. The third-order valence-electron chi connectivity index (χ3n) is 3.59. The first-order valence-electron chi connectivity index (χ1n) is 5.71. The van der Waals surface area contributed by atoms with Crippen LogP contribution in [-0.4, -0.2) is 48.2 Å². The Labute approximate surface area is 95.0 Å². The van der Waals surface area contributed by atoms with Crippen molar-refractivity contribution in [3.63, 3.8) is 0 Å². The molecule has 5 nitrogen and oxygen atoms in total. The molecule has 0 bridgehead atoms. The van der Waals surface area contributed by atoms with Gasteiger partial charge in [-0.2, -0.15) is 5.26 Å². The van der Waals surface area contributed by atoms with E-state index in [1.807, 2.05) is 4.90 Å². The van der Waals surface area contributed by atoms with Crippen molar-refractivity contribution >= 4 is 5.97 Å². The summed E-state index contributed by atoms with van der Waals surface area (Å²) in [5.41, 5.74) is 0.0970. The molecule has 1 unspecified atom stereocenters. The van der Waals surface area contributed by atoms with Crippen LogP contribution in [0.15, 0.2) is 0 Å². The van der Waals surface area contributed by atoms with Gasteiger partial charge in [0.2, 0.25) is 0 Å². The lowest BCUT2D eigenvalue weighted by atomic mass is 10.0. The molecule has 0 radical (unpaired) electrons. The second-order valence-corrected chi connectivity index (χ2v) is 4.86. The molecule has 1 atom stereocenters. The topological polar surface area (TPSA) is 76.4 Å². The highest BCUT2D eigenvalue weighted by molar-refractivity contribution is 5.74. The molecule has 0 amide bonds. The zero-order valence-electron chi connectivity index (χ0n) is 9.28. The summed E-state index contributed by atoms with van der Waals surface area (Å²) in [5.74, 6) is -0.764. The van der Waals surface area contributed by atoms with Gasteiger partial charge in [0.1, 0.15) is 6.04 Å². The standard InChI is InChI=1S/C11H17N3O2/c12-4-3-11(1-2-11)8-14-6-5-13-7-9(14)10(15)16/h9,13H,1-3,5-8H2,(H,15,16). The number of piperazine rings is 1. The lowest BCUT2D eigenvalue weighted by Gasteiger charge is -2.35. The Hall–Kier alpha value is -1.12. The molecule has 0 aromatic carbocycles. The Kier molecular flexibility index (Phi) is 3.13. The molecule has 1 aliphatic heterocycles. The van der Waals surface area contributed by atoms with E-state index in [0.29, 0.717) is 13.0 Å². The number of carbonyl (C=O) groups is 1. The van der Waals surface area contributed by atoms with E-state index in [1.165, 1.54) is 0 Å². The summed E-state index contributed by atoms with van der Waals surface area (Å²) < 4.78 is 0. The van der Waals surface area contributed by atoms with Gasteiger partial charge < -0.3 is 10.4 Å². The maximum Gasteiger partial charge on any atom is 0.322 e. The van der Waals surface area contributed by atoms with Gasteiger partial charge in [0.05, 0.1) is 6.07 Å². The number of nitrogens with one attached hydrogen (secondary N) is 1. The molecule has 2 aliphatic rings. The molecule has 88 valence electrons. The molecule has 2 rings (SSSR count). The van der Waals surface area contributed by atoms with Gasteiger partial charge in [0.15, 0.2) is 0 Å². The zero-order chi connectivity index (χ0) is 11.6. The van der Waals surface area contributed by atoms with Crippen molar-refractivity contribution in [2.24, 2.45) is 5.41 Å². The van der Waals surface area contributed by atoms with Crippen molar-refractivity contribution in [1.29, 1.82) is 5.26 Å². The van der Waals surface area contributed by atoms with E-state index in [9.17, 15) is 4.79 Å². The molecule has 1 aliphatic carbocycles. The van der Waals surface area contributed by atoms with Crippen LogP contribution in [0.1, 0.15) is 19.3 Å². The van der Waals surface area contributed by atoms with Crippen LogP contribution in [0.4, 0.5) is 0 Å². The van der Waals surface area contributed by atoms with Crippen LogP contribution >= 0.6 is 0 Å². The number of nitriles is 1. The number of hydrogen-bond donors (Lipinski definition) is 2. The fourth-order valence-corrected chi connectivity index (χ4v) is 2.35. The minimum absolute atomic E-state index is 0.0970. The second kappa shape index (κ2) is 4.40. The quantitative estimate of drug-likeness (QED) is 0.703. The summed E-state index contributed by atoms with van der Waals surface area (Å²) >= 11 is 0. The third kappa shape index (κ3) is 2.34. The SMILES string of the molecule is N#CCC1(CN2CCNCC2C(=O)O)CC1. The van der Waals surface area contributed by atoms with Crippen molar-refractivity contribution in [2.45, 2.75) is 25.3 Å². The Morgan fingerprint density at radius 3 is 2.94 bits per heavy atom. The van der Waals surface area contributed by atoms with Crippen LogP contribution in [0, 0.1) is 16.7 Å². The van der Waals surface area contributed by atoms with Gasteiger partial charge in [-0.3, -0.25) is 9.69 Å². The van der Waals surface area contributed by atoms with Crippen LogP contribution in [0.5, 0.6) is 0 Å². The monoisotopic (exact) mass is 223 g/mol. The molecular formula is C11H17N3O2. The number of carboxylic acids is 1. The number of rotatable bonds is 4. The first kappa shape index (κ1) is 11.4. The molecule has 2 fully saturated rings. The van der Waals surface area contributed by atoms with Crippen LogP contribution in [0.2, 0.25) is 0 Å². The number of nitrogens with zero attached hydrogens (tertiary/aromatic N) is 2. The minimum atomic E-state index is -0.764. The molecule has 16 heavy (non-hydrogen) atoms. The van der Waals surface area contributed by atoms with Crippen molar-refractivity contribution in [2.75, 3.05) is 26.2 Å². The van der Waals surface area contributed by atoms with Crippen LogP contribution in [-0.2, 0) is 4.79 Å². The summed E-state index contributed by atoms with van der Waals surface area (Å²) in [6, 6.07) is 1.79. The lowest BCUT2D eigenvalue weighted by Crippen LogP contribution is -2.56. The fourth-order valence-electron chi connectivity index (χ4n) is 2.35. The highest BCUT2D eigenvalue weighted by atomic mass is 16.4. The van der Waals surface area contributed by atoms with Crippen molar-refractivity contribution in [3.8, 4) is 6.07 Å². The Morgan fingerprint density at radius 2 is 2.38 bits per heavy atom. The highest BCUT2D eigenvalue weighted by Gasteiger charge is 2.45. The van der Waals surface area contributed by atoms with Gasteiger partial charge in [0, 0.05) is 32.6 Å².